The highest BCUT2D eigenvalue weighted by molar-refractivity contribution is 6.29. The van der Waals surface area contributed by atoms with Crippen molar-refractivity contribution in [2.24, 2.45) is 0 Å². The molecule has 1 aromatic carbocycles. The third-order valence-corrected chi connectivity index (χ3v) is 5.90. The highest BCUT2D eigenvalue weighted by Gasteiger charge is 2.15. The molecule has 0 saturated carbocycles. The number of hydrogen-bond acceptors (Lipinski definition) is 3. The predicted molar refractivity (Wildman–Crippen MR) is 135 cm³/mol. The maximum atomic E-state index is 6.11. The highest BCUT2D eigenvalue weighted by atomic mass is 35.5. The lowest BCUT2D eigenvalue weighted by atomic mass is 10.1. The minimum Gasteiger partial charge on any atom is -0.343 e. The van der Waals surface area contributed by atoms with Crippen LogP contribution in [-0.4, -0.2) is 27.6 Å². The lowest BCUT2D eigenvalue weighted by Gasteiger charge is -2.23. The summed E-state index contributed by atoms with van der Waals surface area (Å²) in [5.74, 6) is 7.39. The van der Waals surface area contributed by atoms with Crippen LogP contribution in [0.1, 0.15) is 44.0 Å². The Morgan fingerprint density at radius 3 is 2.72 bits per heavy atom. The van der Waals surface area contributed by atoms with E-state index < -0.39 is 0 Å². The molecule has 0 unspecified atom stereocenters. The zero-order valence-electron chi connectivity index (χ0n) is 18.9. The molecule has 0 N–H and O–H groups in total. The molecule has 0 radical (unpaired) electrons. The molecule has 5 heteroatoms. The van der Waals surface area contributed by atoms with E-state index in [0.717, 1.165) is 57.4 Å². The molecular formula is C27H27ClN4. The molecule has 0 bridgehead atoms. The van der Waals surface area contributed by atoms with Gasteiger partial charge in [-0.25, -0.2) is 9.97 Å². The summed E-state index contributed by atoms with van der Waals surface area (Å²) in [6, 6.07) is 10.6. The average molecular weight is 443 g/mol. The summed E-state index contributed by atoms with van der Waals surface area (Å²) in [5.41, 5.74) is 5.89. The lowest BCUT2D eigenvalue weighted by Crippen LogP contribution is -2.28. The van der Waals surface area contributed by atoms with Gasteiger partial charge in [0.15, 0.2) is 0 Å². The SMILES string of the molecule is CCn1c(N(C)C(C)C)nc2cc(C#Cc3ccc(C4=CC=C(Cl)CC=C4)cn3)ccc21. The van der Waals surface area contributed by atoms with Crippen LogP contribution in [0.15, 0.2) is 65.9 Å². The Hall–Kier alpha value is -3.29. The molecule has 2 heterocycles. The Bertz CT molecular complexity index is 1280. The lowest BCUT2D eigenvalue weighted by molar-refractivity contribution is 0.684. The van der Waals surface area contributed by atoms with Gasteiger partial charge in [-0.2, -0.15) is 0 Å². The van der Waals surface area contributed by atoms with E-state index in [1.807, 2.05) is 36.5 Å². The van der Waals surface area contributed by atoms with Crippen LogP contribution >= 0.6 is 11.6 Å². The van der Waals surface area contributed by atoms with Crippen LogP contribution in [-0.2, 0) is 6.54 Å². The number of allylic oxidation sites excluding steroid dienone is 6. The summed E-state index contributed by atoms with van der Waals surface area (Å²) >= 11 is 6.11. The van der Waals surface area contributed by atoms with Gasteiger partial charge < -0.3 is 9.47 Å². The summed E-state index contributed by atoms with van der Waals surface area (Å²) in [6.45, 7) is 7.36. The first-order valence-corrected chi connectivity index (χ1v) is 11.3. The van der Waals surface area contributed by atoms with E-state index in [1.54, 1.807) is 0 Å². The first-order chi connectivity index (χ1) is 15.5. The fraction of sp³-hybridized carbons (Fsp3) is 0.259. The summed E-state index contributed by atoms with van der Waals surface area (Å²) in [5, 5.41) is 0.829. The van der Waals surface area contributed by atoms with Crippen molar-refractivity contribution < 1.29 is 0 Å². The smallest absolute Gasteiger partial charge is 0.206 e. The maximum absolute atomic E-state index is 6.11. The van der Waals surface area contributed by atoms with Crippen molar-refractivity contribution in [2.75, 3.05) is 11.9 Å². The number of rotatable bonds is 4. The van der Waals surface area contributed by atoms with Crippen molar-refractivity contribution in [1.29, 1.82) is 0 Å². The van der Waals surface area contributed by atoms with Gasteiger partial charge in [0.2, 0.25) is 5.95 Å². The van der Waals surface area contributed by atoms with Gasteiger partial charge in [0.05, 0.1) is 11.0 Å². The Morgan fingerprint density at radius 1 is 1.16 bits per heavy atom. The molecule has 32 heavy (non-hydrogen) atoms. The quantitative estimate of drug-likeness (QED) is 0.453. The Morgan fingerprint density at radius 2 is 2.00 bits per heavy atom. The molecular weight excluding hydrogens is 416 g/mol. The van der Waals surface area contributed by atoms with Gasteiger partial charge in [-0.05, 0) is 62.6 Å². The molecule has 0 saturated heterocycles. The van der Waals surface area contributed by atoms with E-state index in [0.29, 0.717) is 6.04 Å². The van der Waals surface area contributed by atoms with Gasteiger partial charge in [0, 0.05) is 48.4 Å². The summed E-state index contributed by atoms with van der Waals surface area (Å²) in [4.78, 5) is 11.6. The predicted octanol–water partition coefficient (Wildman–Crippen LogP) is 6.16. The number of imidazole rings is 1. The van der Waals surface area contributed by atoms with Crippen molar-refractivity contribution >= 4 is 34.2 Å². The minimum absolute atomic E-state index is 0.377. The van der Waals surface area contributed by atoms with Crippen LogP contribution in [0.5, 0.6) is 0 Å². The number of nitrogens with zero attached hydrogens (tertiary/aromatic N) is 4. The average Bonchev–Trinajstić information content (AvgIpc) is 3.02. The van der Waals surface area contributed by atoms with Crippen molar-refractivity contribution in [2.45, 2.75) is 39.8 Å². The van der Waals surface area contributed by atoms with Crippen LogP contribution in [0, 0.1) is 11.8 Å². The number of anilines is 1. The van der Waals surface area contributed by atoms with Crippen LogP contribution in [0.3, 0.4) is 0 Å². The standard InChI is InChI=1S/C27H27ClN4/c1-5-32-26-16-10-20(17-25(26)30-27(32)31(4)19(2)3)9-14-24-15-12-22(18-29-24)21-7-6-8-23(28)13-11-21/h6-7,10-13,15-19H,5,8H2,1-4H3. The fourth-order valence-corrected chi connectivity index (χ4v) is 3.73. The highest BCUT2D eigenvalue weighted by Crippen LogP contribution is 2.24. The summed E-state index contributed by atoms with van der Waals surface area (Å²) < 4.78 is 2.24. The minimum atomic E-state index is 0.377. The number of hydrogen-bond donors (Lipinski definition) is 0. The molecule has 4 nitrogen and oxygen atoms in total. The zero-order chi connectivity index (χ0) is 22.7. The third-order valence-electron chi connectivity index (χ3n) is 5.62. The fourth-order valence-electron chi connectivity index (χ4n) is 3.58. The van der Waals surface area contributed by atoms with E-state index in [1.165, 1.54) is 0 Å². The second-order valence-electron chi connectivity index (χ2n) is 8.09. The Balaban J connectivity index is 1.59. The summed E-state index contributed by atoms with van der Waals surface area (Å²) in [6.07, 6.45) is 10.7. The zero-order valence-corrected chi connectivity index (χ0v) is 19.7. The first kappa shape index (κ1) is 21.9. The van der Waals surface area contributed by atoms with Crippen LogP contribution < -0.4 is 4.90 Å². The third kappa shape index (κ3) is 4.64. The van der Waals surface area contributed by atoms with E-state index in [4.69, 9.17) is 16.6 Å². The van der Waals surface area contributed by atoms with Gasteiger partial charge in [-0.1, -0.05) is 41.8 Å². The molecule has 0 atom stereocenters. The Kier molecular flexibility index (Phi) is 6.48. The number of pyridine rings is 1. The van der Waals surface area contributed by atoms with Gasteiger partial charge in [0.1, 0.15) is 5.69 Å². The van der Waals surface area contributed by atoms with Crippen molar-refractivity contribution in [3.63, 3.8) is 0 Å². The van der Waals surface area contributed by atoms with Crippen molar-refractivity contribution in [1.82, 2.24) is 14.5 Å². The number of benzene rings is 1. The van der Waals surface area contributed by atoms with Crippen LogP contribution in [0.25, 0.3) is 16.6 Å². The monoisotopic (exact) mass is 442 g/mol. The van der Waals surface area contributed by atoms with Crippen molar-refractivity contribution in [3.05, 3.63) is 82.7 Å². The topological polar surface area (TPSA) is 34.0 Å². The second kappa shape index (κ2) is 9.46. The molecule has 2 aromatic heterocycles. The normalized spacial score (nSPS) is 13.4. The van der Waals surface area contributed by atoms with Gasteiger partial charge >= 0.3 is 0 Å². The molecule has 1 aliphatic rings. The van der Waals surface area contributed by atoms with E-state index in [2.05, 4.69) is 78.4 Å². The molecule has 3 aromatic rings. The second-order valence-corrected chi connectivity index (χ2v) is 8.57. The first-order valence-electron chi connectivity index (χ1n) is 10.9. The number of aromatic nitrogens is 3. The van der Waals surface area contributed by atoms with E-state index >= 15 is 0 Å². The number of halogens is 1. The van der Waals surface area contributed by atoms with Crippen LogP contribution in [0.4, 0.5) is 5.95 Å². The number of fused-ring (bicyclic) bond motifs is 1. The molecule has 0 aliphatic heterocycles. The molecule has 4 rings (SSSR count). The number of aryl methyl sites for hydroxylation is 1. The van der Waals surface area contributed by atoms with Gasteiger partial charge in [-0.3, -0.25) is 0 Å². The molecule has 0 spiro atoms. The Labute approximate surface area is 194 Å². The maximum Gasteiger partial charge on any atom is 0.206 e. The largest absolute Gasteiger partial charge is 0.343 e. The summed E-state index contributed by atoms with van der Waals surface area (Å²) in [7, 11) is 2.08. The molecule has 162 valence electrons. The molecule has 0 fully saturated rings. The molecule has 0 amide bonds. The van der Waals surface area contributed by atoms with Gasteiger partial charge in [-0.15, -0.1) is 0 Å². The van der Waals surface area contributed by atoms with Crippen molar-refractivity contribution in [3.8, 4) is 11.8 Å². The van der Waals surface area contributed by atoms with Crippen LogP contribution in [0.2, 0.25) is 0 Å². The molecule has 1 aliphatic carbocycles. The van der Waals surface area contributed by atoms with E-state index in [-0.39, 0.29) is 0 Å². The van der Waals surface area contributed by atoms with Gasteiger partial charge in [0.25, 0.3) is 0 Å². The van der Waals surface area contributed by atoms with E-state index in [9.17, 15) is 0 Å².